The van der Waals surface area contributed by atoms with Gasteiger partial charge >= 0.3 is 0 Å². The highest BCUT2D eigenvalue weighted by molar-refractivity contribution is 5.37. The quantitative estimate of drug-likeness (QED) is 0.700. The maximum Gasteiger partial charge on any atom is 0.182 e. The molecule has 1 saturated carbocycles. The zero-order chi connectivity index (χ0) is 11.6. The van der Waals surface area contributed by atoms with Crippen molar-refractivity contribution in [2.45, 2.75) is 51.4 Å². The van der Waals surface area contributed by atoms with E-state index in [-0.39, 0.29) is 11.2 Å². The van der Waals surface area contributed by atoms with Crippen molar-refractivity contribution in [3.63, 3.8) is 0 Å². The van der Waals surface area contributed by atoms with Gasteiger partial charge in [-0.05, 0) is 23.8 Å². The average molecular weight is 217 g/mol. The van der Waals surface area contributed by atoms with Gasteiger partial charge in [-0.15, -0.1) is 0 Å². The van der Waals surface area contributed by atoms with Gasteiger partial charge in [0.25, 0.3) is 0 Å². The van der Waals surface area contributed by atoms with Gasteiger partial charge in [-0.25, -0.2) is 0 Å². The largest absolute Gasteiger partial charge is 0.290 e. The van der Waals surface area contributed by atoms with Crippen LogP contribution in [-0.4, -0.2) is 0 Å². The topological polar surface area (TPSA) is 19.9 Å². The van der Waals surface area contributed by atoms with E-state index in [1.54, 1.807) is 6.07 Å². The highest BCUT2D eigenvalue weighted by Crippen LogP contribution is 2.40. The Kier molecular flexibility index (Phi) is 3.22. The highest BCUT2D eigenvalue weighted by Gasteiger charge is 2.29. The van der Waals surface area contributed by atoms with Crippen LogP contribution in [0.1, 0.15) is 51.5 Å². The molecule has 1 aliphatic carbocycles. The number of benzene rings is 1. The molecular weight excluding hydrogens is 196 g/mol. The minimum atomic E-state index is 0.0351. The fourth-order valence-electron chi connectivity index (χ4n) is 3.07. The standard InChI is InChI=1S/C15H21O/c1-15(2,11-12-7-3-4-8-12)13-9-5-6-10-14(13)16/h5-6,9-10,12H,3-4,7-8,11H2,1-2H3. The van der Waals surface area contributed by atoms with Gasteiger partial charge in [0.1, 0.15) is 0 Å². The van der Waals surface area contributed by atoms with E-state index in [0.717, 1.165) is 17.9 Å². The van der Waals surface area contributed by atoms with Crippen LogP contribution in [-0.2, 0) is 10.5 Å². The molecule has 0 aliphatic heterocycles. The summed E-state index contributed by atoms with van der Waals surface area (Å²) >= 11 is 0. The van der Waals surface area contributed by atoms with E-state index in [9.17, 15) is 5.11 Å². The molecule has 1 aromatic rings. The molecule has 1 heteroatoms. The Balaban J connectivity index is 2.14. The van der Waals surface area contributed by atoms with Gasteiger partial charge in [-0.1, -0.05) is 57.7 Å². The van der Waals surface area contributed by atoms with Crippen molar-refractivity contribution in [3.05, 3.63) is 29.8 Å². The van der Waals surface area contributed by atoms with Gasteiger partial charge in [0.2, 0.25) is 0 Å². The molecule has 2 rings (SSSR count). The summed E-state index contributed by atoms with van der Waals surface area (Å²) in [5.41, 5.74) is 1.02. The molecule has 0 bridgehead atoms. The monoisotopic (exact) mass is 217 g/mol. The summed E-state index contributed by atoms with van der Waals surface area (Å²) in [6, 6.07) is 7.49. The number of hydrogen-bond donors (Lipinski definition) is 0. The summed E-state index contributed by atoms with van der Waals surface area (Å²) in [4.78, 5) is 0. The van der Waals surface area contributed by atoms with Crippen molar-refractivity contribution in [2.24, 2.45) is 5.92 Å². The minimum Gasteiger partial charge on any atom is -0.290 e. The second-order valence-corrected chi connectivity index (χ2v) is 5.73. The number of para-hydroxylation sites is 1. The Hall–Kier alpha value is -0.980. The summed E-state index contributed by atoms with van der Waals surface area (Å²) in [7, 11) is 0. The zero-order valence-corrected chi connectivity index (χ0v) is 10.3. The Morgan fingerprint density at radius 3 is 2.44 bits per heavy atom. The van der Waals surface area contributed by atoms with Gasteiger partial charge in [-0.3, -0.25) is 5.11 Å². The van der Waals surface area contributed by atoms with Crippen molar-refractivity contribution >= 4 is 0 Å². The Morgan fingerprint density at radius 2 is 1.81 bits per heavy atom. The molecule has 0 unspecified atom stereocenters. The molecule has 0 heterocycles. The molecule has 0 N–H and O–H groups in total. The van der Waals surface area contributed by atoms with Crippen LogP contribution in [0, 0.1) is 5.92 Å². The van der Waals surface area contributed by atoms with Crippen molar-refractivity contribution in [1.29, 1.82) is 0 Å². The third-order valence-corrected chi connectivity index (χ3v) is 3.89. The molecule has 0 spiro atoms. The molecule has 0 atom stereocenters. The predicted octanol–water partition coefficient (Wildman–Crippen LogP) is 4.69. The molecule has 1 nitrogen and oxygen atoms in total. The molecular formula is C15H21O. The fraction of sp³-hybridized carbons (Fsp3) is 0.600. The lowest BCUT2D eigenvalue weighted by Crippen LogP contribution is -2.20. The van der Waals surface area contributed by atoms with Gasteiger partial charge in [0.15, 0.2) is 5.75 Å². The Labute approximate surface area is 98.5 Å². The van der Waals surface area contributed by atoms with Gasteiger partial charge in [-0.2, -0.15) is 0 Å². The van der Waals surface area contributed by atoms with Crippen LogP contribution in [0.25, 0.3) is 0 Å². The summed E-state index contributed by atoms with van der Waals surface area (Å²) in [6.45, 7) is 4.42. The number of hydrogen-bond acceptors (Lipinski definition) is 0. The second-order valence-electron chi connectivity index (χ2n) is 5.73. The molecule has 1 fully saturated rings. The second kappa shape index (κ2) is 4.48. The van der Waals surface area contributed by atoms with Crippen LogP contribution in [0.4, 0.5) is 0 Å². The lowest BCUT2D eigenvalue weighted by Gasteiger charge is -2.28. The summed E-state index contributed by atoms with van der Waals surface area (Å²) in [6.07, 6.45) is 6.61. The average Bonchev–Trinajstić information content (AvgIpc) is 2.70. The van der Waals surface area contributed by atoms with Crippen LogP contribution in [0.5, 0.6) is 5.75 Å². The molecule has 0 saturated heterocycles. The fourth-order valence-corrected chi connectivity index (χ4v) is 3.07. The van der Waals surface area contributed by atoms with E-state index in [2.05, 4.69) is 13.8 Å². The van der Waals surface area contributed by atoms with Gasteiger partial charge in [0.05, 0.1) is 0 Å². The van der Waals surface area contributed by atoms with E-state index < -0.39 is 0 Å². The predicted molar refractivity (Wildman–Crippen MR) is 66.2 cm³/mol. The molecule has 1 radical (unpaired) electrons. The first-order valence-corrected chi connectivity index (χ1v) is 6.36. The molecule has 0 amide bonds. The Morgan fingerprint density at radius 1 is 1.19 bits per heavy atom. The van der Waals surface area contributed by atoms with E-state index in [1.165, 1.54) is 25.7 Å². The van der Waals surface area contributed by atoms with Crippen molar-refractivity contribution in [1.82, 2.24) is 0 Å². The molecule has 0 aromatic heterocycles. The third-order valence-electron chi connectivity index (χ3n) is 3.89. The van der Waals surface area contributed by atoms with E-state index >= 15 is 0 Å². The normalized spacial score (nSPS) is 17.9. The van der Waals surface area contributed by atoms with Crippen molar-refractivity contribution in [3.8, 4) is 5.75 Å². The first-order valence-electron chi connectivity index (χ1n) is 6.36. The van der Waals surface area contributed by atoms with Crippen LogP contribution in [0.15, 0.2) is 24.3 Å². The lowest BCUT2D eigenvalue weighted by atomic mass is 9.76. The van der Waals surface area contributed by atoms with E-state index in [0.29, 0.717) is 0 Å². The third kappa shape index (κ3) is 2.40. The number of rotatable bonds is 3. The SMILES string of the molecule is CC(C)(CC1CCCC1)c1ccccc1[O]. The summed E-state index contributed by atoms with van der Waals surface area (Å²) in [5.74, 6) is 1.03. The smallest absolute Gasteiger partial charge is 0.182 e. The molecule has 16 heavy (non-hydrogen) atoms. The first-order chi connectivity index (χ1) is 7.59. The Bertz CT molecular complexity index is 348. The van der Waals surface area contributed by atoms with Gasteiger partial charge in [0, 0.05) is 5.56 Å². The van der Waals surface area contributed by atoms with Crippen LogP contribution >= 0.6 is 0 Å². The first kappa shape index (κ1) is 11.5. The summed E-state index contributed by atoms with van der Waals surface area (Å²) < 4.78 is 0. The maximum absolute atomic E-state index is 11.8. The highest BCUT2D eigenvalue weighted by atomic mass is 16.3. The maximum atomic E-state index is 11.8. The van der Waals surface area contributed by atoms with Crippen molar-refractivity contribution in [2.75, 3.05) is 0 Å². The zero-order valence-electron chi connectivity index (χ0n) is 10.3. The van der Waals surface area contributed by atoms with Crippen LogP contribution in [0.3, 0.4) is 0 Å². The van der Waals surface area contributed by atoms with Crippen LogP contribution < -0.4 is 0 Å². The van der Waals surface area contributed by atoms with E-state index in [1.807, 2.05) is 18.2 Å². The molecule has 1 aromatic carbocycles. The van der Waals surface area contributed by atoms with Crippen LogP contribution in [0.2, 0.25) is 0 Å². The molecule has 1 aliphatic rings. The molecule has 87 valence electrons. The lowest BCUT2D eigenvalue weighted by molar-refractivity contribution is 0.316. The van der Waals surface area contributed by atoms with Gasteiger partial charge < -0.3 is 0 Å². The summed E-state index contributed by atoms with van der Waals surface area (Å²) in [5, 5.41) is 11.8. The van der Waals surface area contributed by atoms with E-state index in [4.69, 9.17) is 0 Å². The minimum absolute atomic E-state index is 0.0351. The van der Waals surface area contributed by atoms with Crippen molar-refractivity contribution < 1.29 is 5.11 Å².